The van der Waals surface area contributed by atoms with Gasteiger partial charge in [-0.25, -0.2) is 13.1 Å². The summed E-state index contributed by atoms with van der Waals surface area (Å²) in [5.74, 6) is 1.46. The number of hydrogen-bond acceptors (Lipinski definition) is 4. The predicted octanol–water partition coefficient (Wildman–Crippen LogP) is 0.685. The van der Waals surface area contributed by atoms with Gasteiger partial charge in [-0.1, -0.05) is 19.1 Å². The minimum Gasteiger partial charge on any atom is -0.383 e. The fraction of sp³-hybridized carbons (Fsp3) is 0.562. The molecule has 0 amide bonds. The molecule has 134 valence electrons. The highest BCUT2D eigenvalue weighted by atomic mass is 32.2. The normalized spacial score (nSPS) is 20.7. The van der Waals surface area contributed by atoms with Crippen molar-refractivity contribution in [3.63, 3.8) is 0 Å². The van der Waals surface area contributed by atoms with Crippen molar-refractivity contribution in [2.24, 2.45) is 10.9 Å². The maximum Gasteiger partial charge on any atom is 0.240 e. The Morgan fingerprint density at radius 3 is 2.54 bits per heavy atom. The Balaban J connectivity index is 1.87. The number of benzene rings is 1. The first-order valence-electron chi connectivity index (χ1n) is 8.01. The van der Waals surface area contributed by atoms with Gasteiger partial charge in [0, 0.05) is 33.3 Å². The molecule has 0 spiro atoms. The van der Waals surface area contributed by atoms with Gasteiger partial charge in [-0.3, -0.25) is 4.99 Å². The monoisotopic (exact) mass is 354 g/mol. The first-order chi connectivity index (χ1) is 11.5. The van der Waals surface area contributed by atoms with E-state index >= 15 is 0 Å². The zero-order valence-corrected chi connectivity index (χ0v) is 15.2. The van der Waals surface area contributed by atoms with E-state index in [1.54, 1.807) is 31.3 Å². The lowest BCUT2D eigenvalue weighted by Gasteiger charge is -2.12. The predicted molar refractivity (Wildman–Crippen MR) is 94.4 cm³/mol. The van der Waals surface area contributed by atoms with Crippen LogP contribution < -0.4 is 15.4 Å². The summed E-state index contributed by atoms with van der Waals surface area (Å²) >= 11 is 0. The molecule has 0 bridgehead atoms. The molecule has 0 heterocycles. The summed E-state index contributed by atoms with van der Waals surface area (Å²) in [5, 5.41) is 6.58. The second-order valence-electron chi connectivity index (χ2n) is 5.92. The van der Waals surface area contributed by atoms with Gasteiger partial charge in [0.2, 0.25) is 10.0 Å². The van der Waals surface area contributed by atoms with Crippen molar-refractivity contribution in [2.45, 2.75) is 30.8 Å². The molecule has 2 unspecified atom stereocenters. The molecule has 2 rings (SSSR count). The van der Waals surface area contributed by atoms with Crippen molar-refractivity contribution in [1.82, 2.24) is 15.4 Å². The molecule has 0 aliphatic heterocycles. The van der Waals surface area contributed by atoms with Crippen molar-refractivity contribution in [3.8, 4) is 0 Å². The Kier molecular flexibility index (Phi) is 6.59. The minimum atomic E-state index is -3.49. The van der Waals surface area contributed by atoms with Gasteiger partial charge in [-0.15, -0.1) is 0 Å². The van der Waals surface area contributed by atoms with E-state index in [9.17, 15) is 8.42 Å². The molecule has 2 atom stereocenters. The Morgan fingerprint density at radius 2 is 2.00 bits per heavy atom. The van der Waals surface area contributed by atoms with Crippen LogP contribution in [0, 0.1) is 5.92 Å². The highest BCUT2D eigenvalue weighted by Gasteiger charge is 2.33. The third-order valence-electron chi connectivity index (χ3n) is 3.95. The summed E-state index contributed by atoms with van der Waals surface area (Å²) in [4.78, 5) is 4.44. The number of ether oxygens (including phenoxy) is 1. The van der Waals surface area contributed by atoms with Crippen molar-refractivity contribution < 1.29 is 13.2 Å². The molecule has 1 aliphatic rings. The van der Waals surface area contributed by atoms with Crippen LogP contribution in [0.25, 0.3) is 0 Å². The average Bonchev–Trinajstić information content (AvgIpc) is 3.27. The fourth-order valence-corrected chi connectivity index (χ4v) is 3.24. The third kappa shape index (κ3) is 5.47. The minimum absolute atomic E-state index is 0.247. The topological polar surface area (TPSA) is 91.8 Å². The van der Waals surface area contributed by atoms with Gasteiger partial charge in [0.05, 0.1) is 11.5 Å². The summed E-state index contributed by atoms with van der Waals surface area (Å²) in [5.41, 5.74) is 0.984. The number of nitrogens with zero attached hydrogens (tertiary/aromatic N) is 1. The lowest BCUT2D eigenvalue weighted by atomic mass is 10.2. The number of rotatable bonds is 8. The number of hydrogen-bond donors (Lipinski definition) is 3. The zero-order chi connectivity index (χ0) is 17.6. The molecule has 1 aromatic rings. The maximum atomic E-state index is 12.1. The molecule has 1 saturated carbocycles. The van der Waals surface area contributed by atoms with E-state index in [0.717, 1.165) is 11.5 Å². The van der Waals surface area contributed by atoms with E-state index in [0.29, 0.717) is 25.1 Å². The maximum absolute atomic E-state index is 12.1. The van der Waals surface area contributed by atoms with Crippen molar-refractivity contribution in [1.29, 1.82) is 0 Å². The van der Waals surface area contributed by atoms with E-state index in [1.807, 2.05) is 0 Å². The van der Waals surface area contributed by atoms with E-state index in [-0.39, 0.29) is 11.4 Å². The lowest BCUT2D eigenvalue weighted by molar-refractivity contribution is 0.204. The van der Waals surface area contributed by atoms with Gasteiger partial charge in [0.1, 0.15) is 0 Å². The van der Waals surface area contributed by atoms with Crippen LogP contribution in [0.2, 0.25) is 0 Å². The number of nitrogens with one attached hydrogen (secondary N) is 3. The van der Waals surface area contributed by atoms with Crippen molar-refractivity contribution in [2.75, 3.05) is 27.3 Å². The highest BCUT2D eigenvalue weighted by molar-refractivity contribution is 7.89. The Hall–Kier alpha value is -1.64. The van der Waals surface area contributed by atoms with Crippen LogP contribution in [-0.4, -0.2) is 47.7 Å². The van der Waals surface area contributed by atoms with Gasteiger partial charge >= 0.3 is 0 Å². The number of methoxy groups -OCH3 is 1. The quantitative estimate of drug-likeness (QED) is 0.363. The molecule has 7 nitrogen and oxygen atoms in total. The lowest BCUT2D eigenvalue weighted by Crippen LogP contribution is -2.38. The van der Waals surface area contributed by atoms with E-state index in [4.69, 9.17) is 4.74 Å². The van der Waals surface area contributed by atoms with Crippen LogP contribution in [0.5, 0.6) is 0 Å². The Bertz CT molecular complexity index is 658. The molecular weight excluding hydrogens is 328 g/mol. The summed E-state index contributed by atoms with van der Waals surface area (Å²) in [6, 6.07) is 7.30. The molecule has 1 fully saturated rings. The van der Waals surface area contributed by atoms with Gasteiger partial charge in [0.15, 0.2) is 5.96 Å². The first kappa shape index (κ1) is 18.7. The van der Waals surface area contributed by atoms with Gasteiger partial charge < -0.3 is 15.4 Å². The molecule has 24 heavy (non-hydrogen) atoms. The third-order valence-corrected chi connectivity index (χ3v) is 5.42. The van der Waals surface area contributed by atoms with Crippen LogP contribution >= 0.6 is 0 Å². The number of aliphatic imine (C=N–C) groups is 1. The SMILES string of the molecule is CN=C(NCc1ccc(S(=O)(=O)NCCOC)cc1)NC1CC1C. The van der Waals surface area contributed by atoms with E-state index in [1.165, 1.54) is 13.5 Å². The van der Waals surface area contributed by atoms with Gasteiger partial charge in [0.25, 0.3) is 0 Å². The molecule has 1 aromatic carbocycles. The highest BCUT2D eigenvalue weighted by Crippen LogP contribution is 2.28. The van der Waals surface area contributed by atoms with E-state index in [2.05, 4.69) is 27.3 Å². The summed E-state index contributed by atoms with van der Waals surface area (Å²) in [7, 11) is -0.215. The number of guanidine groups is 1. The Morgan fingerprint density at radius 1 is 1.33 bits per heavy atom. The molecule has 3 N–H and O–H groups in total. The molecule has 0 aromatic heterocycles. The zero-order valence-electron chi connectivity index (χ0n) is 14.4. The van der Waals surface area contributed by atoms with Crippen molar-refractivity contribution in [3.05, 3.63) is 29.8 Å². The standard InChI is InChI=1S/C16H26N4O3S/c1-12-10-15(12)20-16(17-2)18-11-13-4-6-14(7-5-13)24(21,22)19-8-9-23-3/h4-7,12,15,19H,8-11H2,1-3H3,(H2,17,18,20). The largest absolute Gasteiger partial charge is 0.383 e. The smallest absolute Gasteiger partial charge is 0.240 e. The number of sulfonamides is 1. The van der Waals surface area contributed by atoms with Gasteiger partial charge in [-0.05, 0) is 30.0 Å². The first-order valence-corrected chi connectivity index (χ1v) is 9.49. The molecular formula is C16H26N4O3S. The van der Waals surface area contributed by atoms with Crippen molar-refractivity contribution >= 4 is 16.0 Å². The van der Waals surface area contributed by atoms with Crippen LogP contribution in [0.4, 0.5) is 0 Å². The molecule has 8 heteroatoms. The van der Waals surface area contributed by atoms with Gasteiger partial charge in [-0.2, -0.15) is 0 Å². The second kappa shape index (κ2) is 8.46. The fourth-order valence-electron chi connectivity index (χ4n) is 2.23. The second-order valence-corrected chi connectivity index (χ2v) is 7.69. The summed E-state index contributed by atoms with van der Waals surface area (Å²) in [6.07, 6.45) is 1.17. The van der Waals surface area contributed by atoms with Crippen LogP contribution in [-0.2, 0) is 21.3 Å². The molecule has 1 aliphatic carbocycles. The molecule has 0 radical (unpaired) electrons. The molecule has 0 saturated heterocycles. The average molecular weight is 354 g/mol. The van der Waals surface area contributed by atoms with Crippen LogP contribution in [0.15, 0.2) is 34.2 Å². The van der Waals surface area contributed by atoms with E-state index < -0.39 is 10.0 Å². The van der Waals surface area contributed by atoms with Crippen LogP contribution in [0.1, 0.15) is 18.9 Å². The summed E-state index contributed by atoms with van der Waals surface area (Å²) < 4.78 is 31.5. The van der Waals surface area contributed by atoms with Crippen LogP contribution in [0.3, 0.4) is 0 Å². The summed E-state index contributed by atoms with van der Waals surface area (Å²) in [6.45, 7) is 3.37. The Labute approximate surface area is 143 Å².